The lowest BCUT2D eigenvalue weighted by molar-refractivity contribution is 0.552. The lowest BCUT2D eigenvalue weighted by Crippen LogP contribution is -2.27. The number of nitrogens with one attached hydrogen (secondary N) is 2. The molecule has 3 rings (SSSR count). The molecule has 0 amide bonds. The van der Waals surface area contributed by atoms with E-state index in [4.69, 9.17) is 0 Å². The van der Waals surface area contributed by atoms with Crippen LogP contribution < -0.4 is 5.32 Å². The minimum absolute atomic E-state index is 0.0835. The fraction of sp³-hybridized carbons (Fsp3) is 0.222. The van der Waals surface area contributed by atoms with E-state index in [1.807, 2.05) is 54.7 Å². The maximum Gasteiger partial charge on any atom is 0.149 e. The molecular weight excluding hydrogens is 308 g/mol. The normalized spacial score (nSPS) is 13.3. The number of aromatic nitrogens is 1. The molecule has 23 heavy (non-hydrogen) atoms. The van der Waals surface area contributed by atoms with Gasteiger partial charge in [-0.15, -0.1) is 0 Å². The van der Waals surface area contributed by atoms with Crippen molar-refractivity contribution in [3.63, 3.8) is 0 Å². The van der Waals surface area contributed by atoms with E-state index in [1.165, 1.54) is 6.26 Å². The van der Waals surface area contributed by atoms with Gasteiger partial charge in [0.05, 0.1) is 5.75 Å². The summed E-state index contributed by atoms with van der Waals surface area (Å²) in [5, 5.41) is 4.56. The maximum absolute atomic E-state index is 11.8. The Kier molecular flexibility index (Phi) is 4.50. The van der Waals surface area contributed by atoms with Crippen LogP contribution in [0.5, 0.6) is 0 Å². The van der Waals surface area contributed by atoms with Crippen LogP contribution in [0.3, 0.4) is 0 Å². The number of aromatic amines is 1. The fourth-order valence-corrected chi connectivity index (χ4v) is 3.71. The van der Waals surface area contributed by atoms with E-state index in [-0.39, 0.29) is 11.8 Å². The monoisotopic (exact) mass is 328 g/mol. The van der Waals surface area contributed by atoms with Gasteiger partial charge in [0.1, 0.15) is 9.84 Å². The molecule has 2 aromatic carbocycles. The number of rotatable bonds is 6. The molecule has 4 nitrogen and oxygen atoms in total. The number of hydrogen-bond acceptors (Lipinski definition) is 3. The summed E-state index contributed by atoms with van der Waals surface area (Å²) in [4.78, 5) is 3.19. The van der Waals surface area contributed by atoms with Crippen molar-refractivity contribution >= 4 is 20.7 Å². The Morgan fingerprint density at radius 1 is 1.04 bits per heavy atom. The Labute approximate surface area is 136 Å². The van der Waals surface area contributed by atoms with Crippen LogP contribution in [0, 0.1) is 0 Å². The van der Waals surface area contributed by atoms with Gasteiger partial charge in [0.15, 0.2) is 0 Å². The molecular formula is C18H20N2O2S. The Morgan fingerprint density at radius 2 is 1.83 bits per heavy atom. The zero-order valence-electron chi connectivity index (χ0n) is 13.0. The third-order valence-corrected chi connectivity index (χ3v) is 4.83. The Morgan fingerprint density at radius 3 is 2.57 bits per heavy atom. The summed E-state index contributed by atoms with van der Waals surface area (Å²) in [5.41, 5.74) is 3.22. The van der Waals surface area contributed by atoms with Gasteiger partial charge in [0.25, 0.3) is 0 Å². The summed E-state index contributed by atoms with van der Waals surface area (Å²) in [6.45, 7) is 0.615. The molecule has 0 aliphatic rings. The number of fused-ring (bicyclic) bond motifs is 1. The topological polar surface area (TPSA) is 62.0 Å². The van der Waals surface area contributed by atoms with Crippen LogP contribution in [0.25, 0.3) is 10.9 Å². The Balaban J connectivity index is 1.83. The average Bonchev–Trinajstić information content (AvgIpc) is 3.00. The first-order chi connectivity index (χ1) is 11.0. The summed E-state index contributed by atoms with van der Waals surface area (Å²) in [5.74, 6) is 0.0835. The zero-order chi connectivity index (χ0) is 16.3. The molecule has 0 aliphatic carbocycles. The highest BCUT2D eigenvalue weighted by atomic mass is 32.2. The third-order valence-electron chi connectivity index (χ3n) is 3.90. The first-order valence-corrected chi connectivity index (χ1v) is 9.60. The lowest BCUT2D eigenvalue weighted by atomic mass is 10.1. The molecule has 1 aromatic heterocycles. The van der Waals surface area contributed by atoms with E-state index >= 15 is 0 Å². The smallest absolute Gasteiger partial charge is 0.149 e. The minimum atomic E-state index is -3.08. The van der Waals surface area contributed by atoms with Gasteiger partial charge in [0, 0.05) is 35.9 Å². The van der Waals surface area contributed by atoms with Crippen molar-refractivity contribution in [3.05, 3.63) is 71.9 Å². The third kappa shape index (κ3) is 4.00. The van der Waals surface area contributed by atoms with Gasteiger partial charge in [-0.1, -0.05) is 42.5 Å². The van der Waals surface area contributed by atoms with Gasteiger partial charge in [0.2, 0.25) is 0 Å². The molecule has 3 aromatic rings. The van der Waals surface area contributed by atoms with Gasteiger partial charge in [-0.2, -0.15) is 0 Å². The second kappa shape index (κ2) is 6.56. The van der Waals surface area contributed by atoms with E-state index in [2.05, 4.69) is 16.4 Å². The second-order valence-corrected chi connectivity index (χ2v) is 7.98. The first kappa shape index (κ1) is 15.8. The minimum Gasteiger partial charge on any atom is -0.361 e. The molecule has 0 saturated carbocycles. The molecule has 5 heteroatoms. The molecule has 120 valence electrons. The van der Waals surface area contributed by atoms with Crippen LogP contribution >= 0.6 is 0 Å². The number of benzene rings is 2. The molecule has 0 fully saturated rings. The first-order valence-electron chi connectivity index (χ1n) is 7.54. The van der Waals surface area contributed by atoms with Crippen molar-refractivity contribution in [3.8, 4) is 0 Å². The lowest BCUT2D eigenvalue weighted by Gasteiger charge is -2.19. The second-order valence-electron chi connectivity index (χ2n) is 5.79. The largest absolute Gasteiger partial charge is 0.361 e. The van der Waals surface area contributed by atoms with Gasteiger partial charge in [-0.25, -0.2) is 8.42 Å². The van der Waals surface area contributed by atoms with Gasteiger partial charge < -0.3 is 10.3 Å². The predicted molar refractivity (Wildman–Crippen MR) is 94.0 cm³/mol. The molecule has 0 bridgehead atoms. The molecule has 2 N–H and O–H groups in total. The van der Waals surface area contributed by atoms with Gasteiger partial charge in [-0.05, 0) is 23.3 Å². The number of sulfone groups is 1. The van der Waals surface area contributed by atoms with E-state index in [0.717, 1.165) is 22.0 Å². The Bertz CT molecular complexity index is 886. The van der Waals surface area contributed by atoms with Crippen LogP contribution in [0.2, 0.25) is 0 Å². The maximum atomic E-state index is 11.8. The van der Waals surface area contributed by atoms with Crippen LogP contribution in [0.4, 0.5) is 0 Å². The highest BCUT2D eigenvalue weighted by Gasteiger charge is 2.17. The van der Waals surface area contributed by atoms with Crippen molar-refractivity contribution in [2.45, 2.75) is 12.6 Å². The van der Waals surface area contributed by atoms with E-state index < -0.39 is 9.84 Å². The SMILES string of the molecule is CS(=O)(=O)CC(NCc1cccc2[nH]ccc12)c1ccccc1. The summed E-state index contributed by atoms with van der Waals surface area (Å²) >= 11 is 0. The number of H-pyrrole nitrogens is 1. The average molecular weight is 328 g/mol. The summed E-state index contributed by atoms with van der Waals surface area (Å²) < 4.78 is 23.5. The van der Waals surface area contributed by atoms with Gasteiger partial charge >= 0.3 is 0 Å². The number of hydrogen-bond donors (Lipinski definition) is 2. The van der Waals surface area contributed by atoms with Crippen molar-refractivity contribution in [2.24, 2.45) is 0 Å². The van der Waals surface area contributed by atoms with E-state index in [9.17, 15) is 8.42 Å². The Hall–Kier alpha value is -2.11. The highest BCUT2D eigenvalue weighted by Crippen LogP contribution is 2.20. The van der Waals surface area contributed by atoms with Crippen LogP contribution in [0.15, 0.2) is 60.8 Å². The highest BCUT2D eigenvalue weighted by molar-refractivity contribution is 7.90. The zero-order valence-corrected chi connectivity index (χ0v) is 13.8. The van der Waals surface area contributed by atoms with Gasteiger partial charge in [-0.3, -0.25) is 0 Å². The summed E-state index contributed by atoms with van der Waals surface area (Å²) in [6, 6.07) is 17.6. The summed E-state index contributed by atoms with van der Waals surface area (Å²) in [7, 11) is -3.08. The fourth-order valence-electron chi connectivity index (χ4n) is 2.80. The molecule has 0 radical (unpaired) electrons. The van der Waals surface area contributed by atoms with Crippen molar-refractivity contribution in [2.75, 3.05) is 12.0 Å². The van der Waals surface area contributed by atoms with Crippen molar-refractivity contribution < 1.29 is 8.42 Å². The quantitative estimate of drug-likeness (QED) is 0.731. The van der Waals surface area contributed by atoms with Crippen LogP contribution in [-0.4, -0.2) is 25.4 Å². The molecule has 1 atom stereocenters. The predicted octanol–water partition coefficient (Wildman–Crippen LogP) is 3.04. The summed E-state index contributed by atoms with van der Waals surface area (Å²) in [6.07, 6.45) is 3.19. The van der Waals surface area contributed by atoms with Crippen molar-refractivity contribution in [1.82, 2.24) is 10.3 Å². The molecule has 1 unspecified atom stereocenters. The van der Waals surface area contributed by atoms with Crippen LogP contribution in [-0.2, 0) is 16.4 Å². The standard InChI is InChI=1S/C18H20N2O2S/c1-23(21,22)13-18(14-6-3-2-4-7-14)20-12-15-8-5-9-17-16(15)10-11-19-17/h2-11,18-20H,12-13H2,1H3. The molecule has 0 aliphatic heterocycles. The molecule has 0 saturated heterocycles. The van der Waals surface area contributed by atoms with E-state index in [1.54, 1.807) is 0 Å². The molecule has 1 heterocycles. The molecule has 0 spiro atoms. The van der Waals surface area contributed by atoms with Crippen LogP contribution in [0.1, 0.15) is 17.2 Å². The van der Waals surface area contributed by atoms with E-state index in [0.29, 0.717) is 6.54 Å². The van der Waals surface area contributed by atoms with Crippen molar-refractivity contribution in [1.29, 1.82) is 0 Å².